The molecule has 0 saturated heterocycles. The van der Waals surface area contributed by atoms with Crippen LogP contribution in [0.3, 0.4) is 0 Å². The second-order valence-corrected chi connectivity index (χ2v) is 4.61. The Bertz CT molecular complexity index is 540. The molecule has 2 aromatic carbocycles. The zero-order chi connectivity index (χ0) is 16.4. The Hall–Kier alpha value is -2.01. The summed E-state index contributed by atoms with van der Waals surface area (Å²) in [6, 6.07) is 18.6. The molecule has 0 radical (unpaired) electrons. The van der Waals surface area contributed by atoms with Crippen LogP contribution >= 0.6 is 0 Å². The number of Topliss-reactive ketones (excluding diaryl/α,β-unsaturated/α-hetero) is 1. The van der Waals surface area contributed by atoms with E-state index < -0.39 is 5.79 Å². The third-order valence-electron chi connectivity index (χ3n) is 3.26. The van der Waals surface area contributed by atoms with Crippen molar-refractivity contribution in [2.45, 2.75) is 12.7 Å². The SMILES string of the molecule is CC(=O)c1ccccc1.COC(CO)(OC)c1ccccc1. The summed E-state index contributed by atoms with van der Waals surface area (Å²) < 4.78 is 10.3. The van der Waals surface area contributed by atoms with Gasteiger partial charge in [0.2, 0.25) is 5.79 Å². The maximum Gasteiger partial charge on any atom is 0.218 e. The van der Waals surface area contributed by atoms with Gasteiger partial charge in [-0.05, 0) is 6.92 Å². The second kappa shape index (κ2) is 9.10. The van der Waals surface area contributed by atoms with Gasteiger partial charge in [-0.2, -0.15) is 0 Å². The maximum absolute atomic E-state index is 10.6. The lowest BCUT2D eigenvalue weighted by Crippen LogP contribution is -2.34. The van der Waals surface area contributed by atoms with E-state index in [1.165, 1.54) is 14.2 Å². The van der Waals surface area contributed by atoms with Gasteiger partial charge in [0.15, 0.2) is 5.78 Å². The monoisotopic (exact) mass is 302 g/mol. The molecule has 0 aliphatic carbocycles. The summed E-state index contributed by atoms with van der Waals surface area (Å²) >= 11 is 0. The minimum Gasteiger partial charge on any atom is -0.390 e. The minimum atomic E-state index is -1.03. The van der Waals surface area contributed by atoms with E-state index in [1.54, 1.807) is 6.92 Å². The molecule has 0 amide bonds. The summed E-state index contributed by atoms with van der Waals surface area (Å²) in [4.78, 5) is 10.6. The maximum atomic E-state index is 10.6. The lowest BCUT2D eigenvalue weighted by atomic mass is 10.1. The first-order chi connectivity index (χ1) is 10.6. The Morgan fingerprint density at radius 3 is 1.73 bits per heavy atom. The van der Waals surface area contributed by atoms with Crippen LogP contribution in [0.4, 0.5) is 0 Å². The van der Waals surface area contributed by atoms with Gasteiger partial charge in [0.1, 0.15) is 6.61 Å². The summed E-state index contributed by atoms with van der Waals surface area (Å²) in [7, 11) is 3.01. The minimum absolute atomic E-state index is 0.121. The number of aliphatic hydroxyl groups is 1. The van der Waals surface area contributed by atoms with Crippen molar-refractivity contribution in [3.05, 3.63) is 71.8 Å². The smallest absolute Gasteiger partial charge is 0.218 e. The van der Waals surface area contributed by atoms with Crippen molar-refractivity contribution >= 4 is 5.78 Å². The van der Waals surface area contributed by atoms with Gasteiger partial charge in [0.05, 0.1) is 0 Å². The van der Waals surface area contributed by atoms with Gasteiger partial charge in [0.25, 0.3) is 0 Å². The highest BCUT2D eigenvalue weighted by atomic mass is 16.7. The van der Waals surface area contributed by atoms with Crippen LogP contribution in [0.2, 0.25) is 0 Å². The largest absolute Gasteiger partial charge is 0.390 e. The van der Waals surface area contributed by atoms with Crippen LogP contribution in [0.25, 0.3) is 0 Å². The normalized spacial score (nSPS) is 10.5. The number of carbonyl (C=O) groups excluding carboxylic acids is 1. The highest BCUT2D eigenvalue weighted by molar-refractivity contribution is 5.93. The van der Waals surface area contributed by atoms with Crippen LogP contribution < -0.4 is 0 Å². The lowest BCUT2D eigenvalue weighted by molar-refractivity contribution is -0.236. The van der Waals surface area contributed by atoms with Gasteiger partial charge in [-0.1, -0.05) is 60.7 Å². The van der Waals surface area contributed by atoms with Crippen LogP contribution in [0, 0.1) is 0 Å². The zero-order valence-corrected chi connectivity index (χ0v) is 13.2. The fourth-order valence-corrected chi connectivity index (χ4v) is 1.90. The molecule has 0 heterocycles. The summed E-state index contributed by atoms with van der Waals surface area (Å²) in [5.41, 5.74) is 1.58. The van der Waals surface area contributed by atoms with E-state index in [0.717, 1.165) is 11.1 Å². The van der Waals surface area contributed by atoms with Crippen molar-refractivity contribution in [3.63, 3.8) is 0 Å². The molecule has 0 aliphatic heterocycles. The second-order valence-electron chi connectivity index (χ2n) is 4.61. The van der Waals surface area contributed by atoms with Gasteiger partial charge >= 0.3 is 0 Å². The first-order valence-corrected chi connectivity index (χ1v) is 6.92. The molecule has 0 aromatic heterocycles. The lowest BCUT2D eigenvalue weighted by Gasteiger charge is -2.28. The zero-order valence-electron chi connectivity index (χ0n) is 13.2. The van der Waals surface area contributed by atoms with E-state index >= 15 is 0 Å². The summed E-state index contributed by atoms with van der Waals surface area (Å²) in [5, 5.41) is 9.18. The van der Waals surface area contributed by atoms with Crippen LogP contribution in [0.5, 0.6) is 0 Å². The van der Waals surface area contributed by atoms with Crippen molar-refractivity contribution in [1.29, 1.82) is 0 Å². The predicted molar refractivity (Wildman–Crippen MR) is 85.7 cm³/mol. The first-order valence-electron chi connectivity index (χ1n) is 6.92. The number of carbonyl (C=O) groups is 1. The molecule has 0 aliphatic rings. The molecule has 0 atom stereocenters. The molecule has 0 bridgehead atoms. The molecule has 2 aromatic rings. The van der Waals surface area contributed by atoms with Crippen molar-refractivity contribution < 1.29 is 19.4 Å². The Labute approximate surface area is 131 Å². The first kappa shape index (κ1) is 18.0. The average molecular weight is 302 g/mol. The third kappa shape index (κ3) is 4.77. The quantitative estimate of drug-likeness (QED) is 0.681. The number of ether oxygens (including phenoxy) is 2. The van der Waals surface area contributed by atoms with Crippen LogP contribution in [0.1, 0.15) is 22.8 Å². The number of benzene rings is 2. The molecular weight excluding hydrogens is 280 g/mol. The standard InChI is InChI=1S/C10H14O3.C8H8O/c1-12-10(8-11,13-2)9-6-4-3-5-7-9;1-7(9)8-5-3-2-4-6-8/h3-7,11H,8H2,1-2H3;2-6H,1H3. The molecular formula is C18H22O4. The highest BCUT2D eigenvalue weighted by Crippen LogP contribution is 2.24. The molecule has 4 nitrogen and oxygen atoms in total. The molecule has 2 rings (SSSR count). The molecule has 0 spiro atoms. The Morgan fingerprint density at radius 1 is 0.955 bits per heavy atom. The number of ketones is 1. The molecule has 0 saturated carbocycles. The van der Waals surface area contributed by atoms with Crippen molar-refractivity contribution in [2.75, 3.05) is 20.8 Å². The van der Waals surface area contributed by atoms with Gasteiger partial charge in [-0.15, -0.1) is 0 Å². The number of methoxy groups -OCH3 is 2. The van der Waals surface area contributed by atoms with Crippen molar-refractivity contribution in [3.8, 4) is 0 Å². The average Bonchev–Trinajstić information content (AvgIpc) is 2.59. The van der Waals surface area contributed by atoms with E-state index in [0.29, 0.717) is 0 Å². The van der Waals surface area contributed by atoms with Crippen molar-refractivity contribution in [1.82, 2.24) is 0 Å². The Kier molecular flexibility index (Phi) is 7.46. The Balaban J connectivity index is 0.000000235. The molecule has 4 heteroatoms. The third-order valence-corrected chi connectivity index (χ3v) is 3.26. The fourth-order valence-electron chi connectivity index (χ4n) is 1.90. The van der Waals surface area contributed by atoms with Crippen LogP contribution in [0.15, 0.2) is 60.7 Å². The fraction of sp³-hybridized carbons (Fsp3) is 0.278. The summed E-state index contributed by atoms with van der Waals surface area (Å²) in [6.45, 7) is 1.36. The highest BCUT2D eigenvalue weighted by Gasteiger charge is 2.30. The van der Waals surface area contributed by atoms with E-state index in [9.17, 15) is 9.90 Å². The van der Waals surface area contributed by atoms with E-state index in [-0.39, 0.29) is 12.4 Å². The van der Waals surface area contributed by atoms with E-state index in [2.05, 4.69) is 0 Å². The van der Waals surface area contributed by atoms with Gasteiger partial charge in [-0.3, -0.25) is 4.79 Å². The summed E-state index contributed by atoms with van der Waals surface area (Å²) in [5.74, 6) is -0.906. The number of rotatable bonds is 5. The molecule has 0 fully saturated rings. The van der Waals surface area contributed by atoms with Crippen molar-refractivity contribution in [2.24, 2.45) is 0 Å². The number of aliphatic hydroxyl groups excluding tert-OH is 1. The predicted octanol–water partition coefficient (Wildman–Crippen LogP) is 3.01. The molecule has 1 N–H and O–H groups in total. The van der Waals surface area contributed by atoms with Crippen LogP contribution in [-0.4, -0.2) is 31.7 Å². The summed E-state index contributed by atoms with van der Waals surface area (Å²) in [6.07, 6.45) is 0. The molecule has 22 heavy (non-hydrogen) atoms. The topological polar surface area (TPSA) is 55.8 Å². The number of hydrogen-bond acceptors (Lipinski definition) is 4. The van der Waals surface area contributed by atoms with E-state index in [1.807, 2.05) is 60.7 Å². The van der Waals surface area contributed by atoms with E-state index in [4.69, 9.17) is 9.47 Å². The molecule has 0 unspecified atom stereocenters. The van der Waals surface area contributed by atoms with Gasteiger partial charge in [-0.25, -0.2) is 0 Å². The van der Waals surface area contributed by atoms with Crippen LogP contribution in [-0.2, 0) is 15.3 Å². The van der Waals surface area contributed by atoms with Gasteiger partial charge < -0.3 is 14.6 Å². The Morgan fingerprint density at radius 2 is 1.41 bits per heavy atom. The van der Waals surface area contributed by atoms with Gasteiger partial charge in [0, 0.05) is 25.3 Å². The number of hydrogen-bond donors (Lipinski definition) is 1. The molecule has 118 valence electrons.